The molecule has 2 rings (SSSR count). The van der Waals surface area contributed by atoms with E-state index in [1.54, 1.807) is 12.4 Å². The first-order valence-corrected chi connectivity index (χ1v) is 16.5. The Bertz CT molecular complexity index is 1540. The fourth-order valence-corrected chi connectivity index (χ4v) is 4.90. The molecule has 57 heavy (non-hydrogen) atoms. The van der Waals surface area contributed by atoms with E-state index >= 15 is 0 Å². The SMILES string of the molecule is O=C(O)CC[C@H](NC(=O)N[C@@H](CCCCNC(=O)CCCCCN(Cc1nccn1CC(=O)O)Cc1nccn1CC(=O)O)C(=O)O)C(=O)O.[C-]#[O+].[C-]#[O+].[C-]#[O+].[Re]. The Labute approximate surface area is 340 Å². The second kappa shape index (κ2) is 33.7. The molecule has 3 amide bonds. The van der Waals surface area contributed by atoms with Crippen LogP contribution in [0.1, 0.15) is 69.4 Å². The third kappa shape index (κ3) is 26.0. The van der Waals surface area contributed by atoms with Gasteiger partial charge in [0.1, 0.15) is 36.8 Å². The summed E-state index contributed by atoms with van der Waals surface area (Å²) in [5, 5.41) is 52.7. The number of urea groups is 1. The largest absolute Gasteiger partial charge is 0 e. The van der Waals surface area contributed by atoms with Crippen molar-refractivity contribution in [3.8, 4) is 0 Å². The van der Waals surface area contributed by atoms with Gasteiger partial charge in [0.15, 0.2) is 0 Å². The zero-order valence-corrected chi connectivity index (χ0v) is 33.2. The molecule has 0 aliphatic carbocycles. The molecule has 8 N–H and O–H groups in total. The molecule has 0 aliphatic rings. The Hall–Kier alpha value is -5.65. The van der Waals surface area contributed by atoms with E-state index in [1.807, 2.05) is 4.90 Å². The van der Waals surface area contributed by atoms with Crippen molar-refractivity contribution in [1.29, 1.82) is 0 Å². The second-order valence-corrected chi connectivity index (χ2v) is 11.4. The zero-order chi connectivity index (χ0) is 43.1. The fourth-order valence-electron chi connectivity index (χ4n) is 4.90. The van der Waals surface area contributed by atoms with E-state index in [0.717, 1.165) is 0 Å². The quantitative estimate of drug-likeness (QED) is 0.0351. The smallest absolute Gasteiger partial charge is 0 e. The summed E-state index contributed by atoms with van der Waals surface area (Å²) in [6.45, 7) is 14.4. The minimum atomic E-state index is -1.50. The Morgan fingerprint density at radius 2 is 1.12 bits per heavy atom. The molecule has 0 unspecified atom stereocenters. The van der Waals surface area contributed by atoms with Gasteiger partial charge in [-0.15, -0.1) is 0 Å². The van der Waals surface area contributed by atoms with Gasteiger partial charge in [0, 0.05) is 64.6 Å². The number of rotatable bonds is 26. The van der Waals surface area contributed by atoms with Gasteiger partial charge < -0.3 is 50.6 Å². The number of nitrogens with one attached hydrogen (secondary N) is 3. The fraction of sp³-hybridized carbons (Fsp3) is 0.515. The number of carboxylic acid groups (broad SMARTS) is 5. The number of amides is 3. The summed E-state index contributed by atoms with van der Waals surface area (Å²) in [6.07, 6.45) is 8.21. The molecule has 0 bridgehead atoms. The van der Waals surface area contributed by atoms with Crippen LogP contribution in [0, 0.1) is 20.0 Å². The third-order valence-corrected chi connectivity index (χ3v) is 7.42. The van der Waals surface area contributed by atoms with E-state index in [0.29, 0.717) is 63.4 Å². The molecule has 23 nitrogen and oxygen atoms in total. The van der Waals surface area contributed by atoms with E-state index in [-0.39, 0.29) is 65.2 Å². The number of unbranched alkanes of at least 4 members (excludes halogenated alkanes) is 3. The number of aliphatic carboxylic acids is 5. The van der Waals surface area contributed by atoms with Gasteiger partial charge in [0.2, 0.25) is 5.91 Å². The van der Waals surface area contributed by atoms with Crippen molar-refractivity contribution >= 4 is 41.8 Å². The maximum atomic E-state index is 12.3. The summed E-state index contributed by atoms with van der Waals surface area (Å²) in [4.78, 5) is 91.0. The Kier molecular flexibility index (Phi) is 32.9. The molecule has 2 aromatic rings. The molecular formula is C33H44N8O15Re. The van der Waals surface area contributed by atoms with E-state index < -0.39 is 54.4 Å². The summed E-state index contributed by atoms with van der Waals surface area (Å²) >= 11 is 0. The Balaban J connectivity index is -0.00000396. The van der Waals surface area contributed by atoms with Crippen LogP contribution in [-0.4, -0.2) is 116 Å². The minimum Gasteiger partial charge on any atom is 0 e. The average Bonchev–Trinajstić information content (AvgIpc) is 3.78. The monoisotopic (exact) mass is 979 g/mol. The maximum Gasteiger partial charge on any atom is 0 e. The van der Waals surface area contributed by atoms with Crippen LogP contribution in [-0.2, 0) is 89.3 Å². The predicted octanol–water partition coefficient (Wildman–Crippen LogP) is 0.0533. The number of nitrogens with zero attached hydrogens (tertiary/aromatic N) is 5. The summed E-state index contributed by atoms with van der Waals surface area (Å²) in [7, 11) is 0. The van der Waals surface area contributed by atoms with E-state index in [1.165, 1.54) is 21.5 Å². The molecule has 0 saturated carbocycles. The molecule has 2 aromatic heterocycles. The van der Waals surface area contributed by atoms with Gasteiger partial charge in [-0.1, -0.05) is 6.42 Å². The van der Waals surface area contributed by atoms with Crippen molar-refractivity contribution in [2.45, 2.75) is 96.1 Å². The Morgan fingerprint density at radius 1 is 0.649 bits per heavy atom. The molecule has 2 heterocycles. The van der Waals surface area contributed by atoms with Crippen LogP contribution in [0.4, 0.5) is 4.79 Å². The second-order valence-electron chi connectivity index (χ2n) is 11.4. The normalized spacial score (nSPS) is 10.8. The van der Waals surface area contributed by atoms with Crippen molar-refractivity contribution in [2.75, 3.05) is 13.1 Å². The van der Waals surface area contributed by atoms with Crippen molar-refractivity contribution in [2.24, 2.45) is 0 Å². The Morgan fingerprint density at radius 3 is 1.56 bits per heavy atom. The molecule has 0 saturated heterocycles. The van der Waals surface area contributed by atoms with Gasteiger partial charge in [-0.3, -0.25) is 24.1 Å². The molecule has 1 radical (unpaired) electrons. The number of imidazole rings is 2. The van der Waals surface area contributed by atoms with Gasteiger partial charge in [0.05, 0.1) is 13.1 Å². The third-order valence-electron chi connectivity index (χ3n) is 7.42. The average molecular weight is 979 g/mol. The number of aromatic nitrogens is 4. The van der Waals surface area contributed by atoms with Gasteiger partial charge in [-0.25, -0.2) is 24.4 Å². The van der Waals surface area contributed by atoms with Crippen LogP contribution in [0.3, 0.4) is 0 Å². The first-order chi connectivity index (χ1) is 26.7. The number of carboxylic acids is 5. The van der Waals surface area contributed by atoms with Crippen molar-refractivity contribution in [3.63, 3.8) is 0 Å². The van der Waals surface area contributed by atoms with E-state index in [2.05, 4.69) is 45.9 Å². The number of carbonyl (C=O) groups excluding carboxylic acids is 2. The standard InChI is InChI=1S/C30H44N8O12.3CO.Re/c39-24(33-10-4-3-6-20(28(46)47)34-30(50)35-21(29(48)49)8-9-25(40)41)7-2-1-5-13-36(16-22-31-11-14-37(22)18-26(42)43)17-23-32-12-15-38(23)19-27(44)45;3*1-2;/h11-12,14-15,20-21H,1-10,13,16-19H2,(H,33,39)(H,40,41)(H,42,43)(H,44,45)(H,46,47)(H,48,49)(H2,34,35,50);;;;/t20-,21-;;;;/m0..../s1. The maximum absolute atomic E-state index is 12.3. The van der Waals surface area contributed by atoms with Crippen LogP contribution >= 0.6 is 0 Å². The van der Waals surface area contributed by atoms with Crippen molar-refractivity contribution < 1.29 is 93.5 Å². The molecule has 24 heteroatoms. The number of hydrogen-bond donors (Lipinski definition) is 8. The van der Waals surface area contributed by atoms with Gasteiger partial charge in [-0.05, 0) is 45.1 Å². The van der Waals surface area contributed by atoms with Gasteiger partial charge >= 0.3 is 69.8 Å². The van der Waals surface area contributed by atoms with Crippen LogP contribution < -0.4 is 16.0 Å². The number of carbonyl (C=O) groups is 7. The molecule has 313 valence electrons. The predicted molar refractivity (Wildman–Crippen MR) is 182 cm³/mol. The molecule has 0 aromatic carbocycles. The van der Waals surface area contributed by atoms with Crippen LogP contribution in [0.15, 0.2) is 24.8 Å². The van der Waals surface area contributed by atoms with Crippen LogP contribution in [0.2, 0.25) is 0 Å². The van der Waals surface area contributed by atoms with Gasteiger partial charge in [-0.2, -0.15) is 0 Å². The molecule has 0 spiro atoms. The topological polar surface area (TPSA) is 355 Å². The van der Waals surface area contributed by atoms with Crippen molar-refractivity contribution in [3.05, 3.63) is 56.4 Å². The molecule has 2 atom stereocenters. The summed E-state index contributed by atoms with van der Waals surface area (Å²) < 4.78 is 25.5. The summed E-state index contributed by atoms with van der Waals surface area (Å²) in [5.41, 5.74) is 0. The zero-order valence-electron chi connectivity index (χ0n) is 30.5. The molecular weight excluding hydrogens is 935 g/mol. The van der Waals surface area contributed by atoms with E-state index in [9.17, 15) is 48.9 Å². The summed E-state index contributed by atoms with van der Waals surface area (Å²) in [5.74, 6) is -5.21. The first-order valence-electron chi connectivity index (χ1n) is 16.5. The van der Waals surface area contributed by atoms with Crippen LogP contribution in [0.5, 0.6) is 0 Å². The summed E-state index contributed by atoms with van der Waals surface area (Å²) in [6, 6.07) is -3.88. The number of hydrogen-bond acceptors (Lipinski definition) is 10. The van der Waals surface area contributed by atoms with Crippen LogP contribution in [0.25, 0.3) is 0 Å². The van der Waals surface area contributed by atoms with Crippen molar-refractivity contribution in [1.82, 2.24) is 40.0 Å². The minimum absolute atomic E-state index is 0. The first kappa shape index (κ1) is 55.7. The molecule has 0 aliphatic heterocycles. The molecule has 0 fully saturated rings. The van der Waals surface area contributed by atoms with E-state index in [4.69, 9.17) is 24.2 Å². The van der Waals surface area contributed by atoms with Gasteiger partial charge in [0.25, 0.3) is 0 Å².